The van der Waals surface area contributed by atoms with Gasteiger partial charge in [-0.1, -0.05) is 19.6 Å². The van der Waals surface area contributed by atoms with Gasteiger partial charge in [0.15, 0.2) is 8.40 Å². The van der Waals surface area contributed by atoms with Gasteiger partial charge in [-0.05, 0) is 26.3 Å². The molecular formula is C7H22N2Si2. The summed E-state index contributed by atoms with van der Waals surface area (Å²) in [5.41, 5.74) is 1.40. The molecule has 0 heterocycles. The first-order valence-corrected chi connectivity index (χ1v) is 10.6. The predicted octanol–water partition coefficient (Wildman–Crippen LogP) is 1.37. The fraction of sp³-hybridized carbons (Fsp3) is 1.00. The zero-order valence-corrected chi connectivity index (χ0v) is 10.7. The summed E-state index contributed by atoms with van der Waals surface area (Å²) in [5, 5.41) is 0. The second-order valence-electron chi connectivity index (χ2n) is 4.57. The van der Waals surface area contributed by atoms with E-state index < -0.39 is 16.5 Å². The summed E-state index contributed by atoms with van der Waals surface area (Å²) in [5.74, 6) is 0. The molecule has 0 radical (unpaired) electrons. The SMILES string of the molecule is CN[Si](C)(C[Si](C)(C)C)NC. The highest BCUT2D eigenvalue weighted by molar-refractivity contribution is 6.93. The standard InChI is InChI=1S/C7H22N2Si2/c1-8-11(6,9-2)7-10(3,4)5/h8-9H,7H2,1-6H3. The molecule has 0 saturated carbocycles. The van der Waals surface area contributed by atoms with Crippen LogP contribution in [0, 0.1) is 0 Å². The van der Waals surface area contributed by atoms with Crippen molar-refractivity contribution in [1.82, 2.24) is 9.96 Å². The highest BCUT2D eigenvalue weighted by Gasteiger charge is 2.30. The van der Waals surface area contributed by atoms with Crippen LogP contribution >= 0.6 is 0 Å². The van der Waals surface area contributed by atoms with Crippen molar-refractivity contribution in [3.05, 3.63) is 0 Å². The highest BCUT2D eigenvalue weighted by atomic mass is 28.4. The van der Waals surface area contributed by atoms with Gasteiger partial charge in [0, 0.05) is 8.07 Å². The van der Waals surface area contributed by atoms with E-state index in [0.717, 1.165) is 0 Å². The molecule has 0 aliphatic heterocycles. The third kappa shape index (κ3) is 4.73. The second-order valence-corrected chi connectivity index (χ2v) is 14.8. The fourth-order valence-electron chi connectivity index (χ4n) is 1.36. The number of nitrogens with one attached hydrogen (secondary N) is 2. The monoisotopic (exact) mass is 190 g/mol. The Hall–Kier alpha value is 0.354. The van der Waals surface area contributed by atoms with Crippen molar-refractivity contribution in [2.45, 2.75) is 31.9 Å². The van der Waals surface area contributed by atoms with Gasteiger partial charge in [0.1, 0.15) is 0 Å². The molecule has 0 amide bonds. The van der Waals surface area contributed by atoms with Gasteiger partial charge < -0.3 is 9.96 Å². The molecule has 0 aromatic carbocycles. The van der Waals surface area contributed by atoms with Crippen LogP contribution in [-0.2, 0) is 0 Å². The molecule has 68 valence electrons. The normalized spacial score (nSPS) is 13.6. The summed E-state index contributed by atoms with van der Waals surface area (Å²) in [6, 6.07) is 0. The molecule has 2 N–H and O–H groups in total. The molecule has 0 aliphatic rings. The minimum Gasteiger partial charge on any atom is -0.328 e. The lowest BCUT2D eigenvalue weighted by Crippen LogP contribution is -2.60. The maximum absolute atomic E-state index is 3.45. The molecule has 0 rings (SSSR count). The molecule has 0 aromatic rings. The molecule has 0 aliphatic carbocycles. The van der Waals surface area contributed by atoms with E-state index in [1.807, 2.05) is 0 Å². The maximum atomic E-state index is 3.45. The zero-order chi connectivity index (χ0) is 9.12. The molecule has 0 unspecified atom stereocenters. The minimum atomic E-state index is -1.27. The van der Waals surface area contributed by atoms with Gasteiger partial charge in [0.05, 0.1) is 0 Å². The van der Waals surface area contributed by atoms with E-state index in [-0.39, 0.29) is 0 Å². The van der Waals surface area contributed by atoms with Crippen molar-refractivity contribution < 1.29 is 0 Å². The summed E-state index contributed by atoms with van der Waals surface area (Å²) in [6.45, 7) is 9.62. The second kappa shape index (κ2) is 3.84. The number of hydrogen-bond acceptors (Lipinski definition) is 2. The van der Waals surface area contributed by atoms with Crippen molar-refractivity contribution in [3.63, 3.8) is 0 Å². The third-order valence-corrected chi connectivity index (χ3v) is 11.3. The van der Waals surface area contributed by atoms with Gasteiger partial charge >= 0.3 is 0 Å². The van der Waals surface area contributed by atoms with Crippen LogP contribution in [0.15, 0.2) is 0 Å². The predicted molar refractivity (Wildman–Crippen MR) is 57.9 cm³/mol. The smallest absolute Gasteiger partial charge is 0.195 e. The Bertz CT molecular complexity index is 116. The van der Waals surface area contributed by atoms with Gasteiger partial charge in [-0.25, -0.2) is 0 Å². The van der Waals surface area contributed by atoms with E-state index in [2.05, 4.69) is 50.2 Å². The van der Waals surface area contributed by atoms with E-state index in [9.17, 15) is 0 Å². The Labute approximate surface area is 73.0 Å². The quantitative estimate of drug-likeness (QED) is 0.655. The molecule has 0 saturated heterocycles. The molecule has 4 heteroatoms. The maximum Gasteiger partial charge on any atom is 0.195 e. The third-order valence-electron chi connectivity index (χ3n) is 1.99. The van der Waals surface area contributed by atoms with Crippen LogP contribution in [-0.4, -0.2) is 30.6 Å². The Morgan fingerprint density at radius 3 is 1.36 bits per heavy atom. The zero-order valence-electron chi connectivity index (χ0n) is 8.71. The molecule has 0 atom stereocenters. The molecule has 0 fully saturated rings. The van der Waals surface area contributed by atoms with Crippen molar-refractivity contribution in [2.75, 3.05) is 14.1 Å². The van der Waals surface area contributed by atoms with Crippen LogP contribution in [0.25, 0.3) is 0 Å². The Morgan fingerprint density at radius 1 is 0.909 bits per heavy atom. The van der Waals surface area contributed by atoms with Crippen LogP contribution in [0.4, 0.5) is 0 Å². The van der Waals surface area contributed by atoms with E-state index >= 15 is 0 Å². The Morgan fingerprint density at radius 2 is 1.27 bits per heavy atom. The molecule has 0 bridgehead atoms. The minimum absolute atomic E-state index is 0.898. The first kappa shape index (κ1) is 11.4. The van der Waals surface area contributed by atoms with Crippen molar-refractivity contribution >= 4 is 16.5 Å². The van der Waals surface area contributed by atoms with E-state index in [0.29, 0.717) is 0 Å². The first-order chi connectivity index (χ1) is 4.83. The Balaban J connectivity index is 4.08. The lowest BCUT2D eigenvalue weighted by molar-refractivity contribution is 1.01. The fourth-order valence-corrected chi connectivity index (χ4v) is 11.5. The number of hydrogen-bond donors (Lipinski definition) is 2. The Kier molecular flexibility index (Phi) is 3.97. The van der Waals surface area contributed by atoms with Gasteiger partial charge in [0.2, 0.25) is 0 Å². The van der Waals surface area contributed by atoms with Gasteiger partial charge in [0.25, 0.3) is 0 Å². The summed E-state index contributed by atoms with van der Waals surface area (Å²) in [4.78, 5) is 6.89. The van der Waals surface area contributed by atoms with Crippen LogP contribution in [0.2, 0.25) is 31.9 Å². The number of rotatable bonds is 4. The van der Waals surface area contributed by atoms with Crippen molar-refractivity contribution in [1.29, 1.82) is 0 Å². The summed E-state index contributed by atoms with van der Waals surface area (Å²) >= 11 is 0. The van der Waals surface area contributed by atoms with E-state index in [1.54, 1.807) is 0 Å². The lowest BCUT2D eigenvalue weighted by Gasteiger charge is -2.31. The van der Waals surface area contributed by atoms with Gasteiger partial charge in [-0.3, -0.25) is 0 Å². The summed E-state index contributed by atoms with van der Waals surface area (Å²) in [7, 11) is 1.98. The molecular weight excluding hydrogens is 168 g/mol. The van der Waals surface area contributed by atoms with Gasteiger partial charge in [-0.15, -0.1) is 0 Å². The molecule has 0 aromatic heterocycles. The average Bonchev–Trinajstić information content (AvgIpc) is 1.84. The van der Waals surface area contributed by atoms with Crippen LogP contribution in [0.5, 0.6) is 0 Å². The first-order valence-electron chi connectivity index (χ1n) is 4.21. The largest absolute Gasteiger partial charge is 0.328 e. The van der Waals surface area contributed by atoms with Crippen molar-refractivity contribution in [3.8, 4) is 0 Å². The van der Waals surface area contributed by atoms with Crippen LogP contribution in [0.3, 0.4) is 0 Å². The highest BCUT2D eigenvalue weighted by Crippen LogP contribution is 2.14. The molecule has 11 heavy (non-hydrogen) atoms. The van der Waals surface area contributed by atoms with Crippen LogP contribution in [0.1, 0.15) is 0 Å². The van der Waals surface area contributed by atoms with Crippen molar-refractivity contribution in [2.24, 2.45) is 0 Å². The lowest BCUT2D eigenvalue weighted by atomic mass is 11.6. The van der Waals surface area contributed by atoms with E-state index in [1.165, 1.54) is 5.67 Å². The molecule has 2 nitrogen and oxygen atoms in total. The molecule has 0 spiro atoms. The van der Waals surface area contributed by atoms with Gasteiger partial charge in [-0.2, -0.15) is 0 Å². The average molecular weight is 190 g/mol. The summed E-state index contributed by atoms with van der Waals surface area (Å²) in [6.07, 6.45) is 0. The van der Waals surface area contributed by atoms with Crippen LogP contribution < -0.4 is 9.96 Å². The topological polar surface area (TPSA) is 24.1 Å². The van der Waals surface area contributed by atoms with E-state index in [4.69, 9.17) is 0 Å². The summed E-state index contributed by atoms with van der Waals surface area (Å²) < 4.78 is 0.